The van der Waals surface area contributed by atoms with Crippen molar-refractivity contribution in [2.75, 3.05) is 6.54 Å². The lowest BCUT2D eigenvalue weighted by Crippen LogP contribution is -2.35. The number of alkyl halides is 3. The Bertz CT molecular complexity index is 420. The largest absolute Gasteiger partial charge is 0.416 e. The highest BCUT2D eigenvalue weighted by Crippen LogP contribution is 2.30. The monoisotopic (exact) mass is 289 g/mol. The second kappa shape index (κ2) is 7.09. The molecular formula is C15H22F3NO. The van der Waals surface area contributed by atoms with Crippen LogP contribution < -0.4 is 5.32 Å². The lowest BCUT2D eigenvalue weighted by atomic mass is 10.00. The first-order valence-electron chi connectivity index (χ1n) is 6.84. The summed E-state index contributed by atoms with van der Waals surface area (Å²) < 4.78 is 37.8. The van der Waals surface area contributed by atoms with Crippen LogP contribution in [0.2, 0.25) is 0 Å². The number of aliphatic hydroxyl groups is 1. The molecule has 0 aliphatic carbocycles. The second-order valence-electron chi connectivity index (χ2n) is 5.22. The van der Waals surface area contributed by atoms with Gasteiger partial charge in [-0.25, -0.2) is 0 Å². The summed E-state index contributed by atoms with van der Waals surface area (Å²) in [6.45, 7) is 6.42. The van der Waals surface area contributed by atoms with Gasteiger partial charge in [0.1, 0.15) is 0 Å². The van der Waals surface area contributed by atoms with E-state index in [0.717, 1.165) is 18.6 Å². The quantitative estimate of drug-likeness (QED) is 0.835. The van der Waals surface area contributed by atoms with E-state index in [4.69, 9.17) is 0 Å². The molecule has 1 aromatic carbocycles. The van der Waals surface area contributed by atoms with Gasteiger partial charge in [-0.1, -0.05) is 32.4 Å². The van der Waals surface area contributed by atoms with Gasteiger partial charge in [0.15, 0.2) is 0 Å². The molecule has 20 heavy (non-hydrogen) atoms. The van der Waals surface area contributed by atoms with Crippen LogP contribution in [0, 0.1) is 5.92 Å². The van der Waals surface area contributed by atoms with Crippen molar-refractivity contribution in [3.05, 3.63) is 35.4 Å². The fraction of sp³-hybridized carbons (Fsp3) is 0.600. The van der Waals surface area contributed by atoms with Crippen molar-refractivity contribution >= 4 is 0 Å². The van der Waals surface area contributed by atoms with E-state index in [0.29, 0.717) is 5.92 Å². The molecule has 0 fully saturated rings. The van der Waals surface area contributed by atoms with Crippen molar-refractivity contribution in [1.29, 1.82) is 0 Å². The van der Waals surface area contributed by atoms with E-state index in [1.54, 1.807) is 0 Å². The Kier molecular flexibility index (Phi) is 6.02. The first-order valence-corrected chi connectivity index (χ1v) is 6.84. The zero-order chi connectivity index (χ0) is 15.3. The Balaban J connectivity index is 2.66. The van der Waals surface area contributed by atoms with Crippen LogP contribution in [0.3, 0.4) is 0 Å². The minimum Gasteiger partial charge on any atom is -0.387 e. The predicted octanol–water partition coefficient (Wildman–Crippen LogP) is 3.76. The van der Waals surface area contributed by atoms with Gasteiger partial charge in [-0.05, 0) is 30.5 Å². The van der Waals surface area contributed by atoms with Gasteiger partial charge in [-0.3, -0.25) is 0 Å². The molecule has 0 heterocycles. The molecule has 0 bridgehead atoms. The highest BCUT2D eigenvalue weighted by atomic mass is 19.4. The summed E-state index contributed by atoms with van der Waals surface area (Å²) in [5.74, 6) is 0.448. The van der Waals surface area contributed by atoms with E-state index in [1.807, 2.05) is 6.92 Å². The zero-order valence-electron chi connectivity index (χ0n) is 12.0. The lowest BCUT2D eigenvalue weighted by molar-refractivity contribution is -0.137. The number of hydrogen-bond acceptors (Lipinski definition) is 2. The van der Waals surface area contributed by atoms with Gasteiger partial charge in [0.2, 0.25) is 0 Å². The van der Waals surface area contributed by atoms with Gasteiger partial charge in [0, 0.05) is 12.6 Å². The van der Waals surface area contributed by atoms with Crippen LogP contribution in [0.15, 0.2) is 24.3 Å². The van der Waals surface area contributed by atoms with Gasteiger partial charge < -0.3 is 10.4 Å². The molecule has 0 saturated carbocycles. The average Bonchev–Trinajstić information content (AvgIpc) is 2.42. The Morgan fingerprint density at radius 2 is 1.90 bits per heavy atom. The predicted molar refractivity (Wildman–Crippen MR) is 73.3 cm³/mol. The second-order valence-corrected chi connectivity index (χ2v) is 5.22. The molecule has 0 aliphatic rings. The highest BCUT2D eigenvalue weighted by Gasteiger charge is 2.30. The minimum atomic E-state index is -4.38. The number of rotatable bonds is 6. The molecule has 0 radical (unpaired) electrons. The number of hydrogen-bond donors (Lipinski definition) is 2. The van der Waals surface area contributed by atoms with Crippen LogP contribution in [0.1, 0.15) is 44.4 Å². The molecule has 2 N–H and O–H groups in total. The van der Waals surface area contributed by atoms with E-state index < -0.39 is 17.8 Å². The molecule has 114 valence electrons. The maximum absolute atomic E-state index is 12.6. The van der Waals surface area contributed by atoms with Gasteiger partial charge in [-0.15, -0.1) is 0 Å². The Morgan fingerprint density at radius 3 is 2.45 bits per heavy atom. The molecule has 0 aromatic heterocycles. The maximum atomic E-state index is 12.6. The van der Waals surface area contributed by atoms with Crippen LogP contribution in [0.4, 0.5) is 13.2 Å². The first kappa shape index (κ1) is 17.0. The number of nitrogens with one attached hydrogen (secondary N) is 1. The molecule has 3 atom stereocenters. The molecule has 0 spiro atoms. The third kappa shape index (κ3) is 4.80. The van der Waals surface area contributed by atoms with Crippen molar-refractivity contribution in [2.45, 2.75) is 45.5 Å². The van der Waals surface area contributed by atoms with E-state index in [2.05, 4.69) is 19.2 Å². The fourth-order valence-corrected chi connectivity index (χ4v) is 1.89. The standard InChI is InChI=1S/C15H22F3NO/c1-4-10(2)11(3)19-9-14(20)12-6-5-7-13(8-12)15(16,17)18/h5-8,10-11,14,19-20H,4,9H2,1-3H3. The number of benzene rings is 1. The van der Waals surface area contributed by atoms with E-state index in [9.17, 15) is 18.3 Å². The summed E-state index contributed by atoms with van der Waals surface area (Å²) >= 11 is 0. The van der Waals surface area contributed by atoms with Gasteiger partial charge >= 0.3 is 6.18 Å². The molecule has 3 unspecified atom stereocenters. The van der Waals surface area contributed by atoms with E-state index in [1.165, 1.54) is 12.1 Å². The lowest BCUT2D eigenvalue weighted by Gasteiger charge is -2.22. The molecule has 1 aromatic rings. The SMILES string of the molecule is CCC(C)C(C)NCC(O)c1cccc(C(F)(F)F)c1. The maximum Gasteiger partial charge on any atom is 0.416 e. The van der Waals surface area contributed by atoms with Crippen molar-refractivity contribution < 1.29 is 18.3 Å². The Hall–Kier alpha value is -1.07. The van der Waals surface area contributed by atoms with Crippen molar-refractivity contribution in [2.24, 2.45) is 5.92 Å². The Labute approximate surface area is 118 Å². The zero-order valence-corrected chi connectivity index (χ0v) is 12.0. The molecular weight excluding hydrogens is 267 g/mol. The van der Waals surface area contributed by atoms with Crippen LogP contribution in [-0.2, 0) is 6.18 Å². The number of halogens is 3. The fourth-order valence-electron chi connectivity index (χ4n) is 1.89. The van der Waals surface area contributed by atoms with Gasteiger partial charge in [0.05, 0.1) is 11.7 Å². The molecule has 0 amide bonds. The third-order valence-electron chi connectivity index (χ3n) is 3.73. The average molecular weight is 289 g/mol. The number of aliphatic hydroxyl groups excluding tert-OH is 1. The minimum absolute atomic E-state index is 0.209. The topological polar surface area (TPSA) is 32.3 Å². The van der Waals surface area contributed by atoms with Gasteiger partial charge in [-0.2, -0.15) is 13.2 Å². The molecule has 1 rings (SSSR count). The summed E-state index contributed by atoms with van der Waals surface area (Å²) in [7, 11) is 0. The summed E-state index contributed by atoms with van der Waals surface area (Å²) in [6, 6.07) is 5.04. The van der Waals surface area contributed by atoms with Crippen molar-refractivity contribution in [1.82, 2.24) is 5.32 Å². The summed E-state index contributed by atoms with van der Waals surface area (Å²) in [5, 5.41) is 13.1. The molecule has 5 heteroatoms. The van der Waals surface area contributed by atoms with Crippen LogP contribution in [-0.4, -0.2) is 17.7 Å². The van der Waals surface area contributed by atoms with Gasteiger partial charge in [0.25, 0.3) is 0 Å². The highest BCUT2D eigenvalue weighted by molar-refractivity contribution is 5.27. The summed E-state index contributed by atoms with van der Waals surface area (Å²) in [4.78, 5) is 0. The third-order valence-corrected chi connectivity index (χ3v) is 3.73. The van der Waals surface area contributed by atoms with Crippen molar-refractivity contribution in [3.8, 4) is 0 Å². The van der Waals surface area contributed by atoms with E-state index in [-0.39, 0.29) is 18.2 Å². The van der Waals surface area contributed by atoms with E-state index >= 15 is 0 Å². The molecule has 0 saturated heterocycles. The smallest absolute Gasteiger partial charge is 0.387 e. The molecule has 0 aliphatic heterocycles. The Morgan fingerprint density at radius 1 is 1.25 bits per heavy atom. The first-order chi connectivity index (χ1) is 9.25. The molecule has 2 nitrogen and oxygen atoms in total. The van der Waals surface area contributed by atoms with Crippen LogP contribution in [0.25, 0.3) is 0 Å². The van der Waals surface area contributed by atoms with Crippen molar-refractivity contribution in [3.63, 3.8) is 0 Å². The van der Waals surface area contributed by atoms with Crippen LogP contribution in [0.5, 0.6) is 0 Å². The van der Waals surface area contributed by atoms with Crippen LogP contribution >= 0.6 is 0 Å². The summed E-state index contributed by atoms with van der Waals surface area (Å²) in [6.07, 6.45) is -4.31. The normalized spacial score (nSPS) is 16.8. The summed E-state index contributed by atoms with van der Waals surface area (Å²) in [5.41, 5.74) is -0.451.